The zero-order chi connectivity index (χ0) is 12.8. The lowest BCUT2D eigenvalue weighted by molar-refractivity contribution is -0.0472. The van der Waals surface area contributed by atoms with E-state index in [0.29, 0.717) is 5.92 Å². The molecule has 2 nitrogen and oxygen atoms in total. The molecule has 1 aromatic heterocycles. The first-order chi connectivity index (χ1) is 9.35. The Morgan fingerprint density at radius 3 is 2.26 bits per heavy atom. The fourth-order valence-corrected chi connectivity index (χ4v) is 5.69. The van der Waals surface area contributed by atoms with Crippen molar-refractivity contribution >= 4 is 0 Å². The minimum Gasteiger partial charge on any atom is -0.330 e. The molecule has 0 radical (unpaired) electrons. The second-order valence-corrected chi connectivity index (χ2v) is 7.10. The molecule has 0 amide bonds. The van der Waals surface area contributed by atoms with Gasteiger partial charge in [0.1, 0.15) is 0 Å². The second kappa shape index (κ2) is 4.59. The quantitative estimate of drug-likeness (QED) is 0.902. The molecular formula is C17H24N2. The van der Waals surface area contributed by atoms with Crippen molar-refractivity contribution in [2.45, 2.75) is 38.0 Å². The number of hydrogen-bond acceptors (Lipinski definition) is 2. The summed E-state index contributed by atoms with van der Waals surface area (Å²) in [7, 11) is 0. The van der Waals surface area contributed by atoms with Gasteiger partial charge in [-0.2, -0.15) is 0 Å². The summed E-state index contributed by atoms with van der Waals surface area (Å²) in [4.78, 5) is 4.60. The highest BCUT2D eigenvalue weighted by Crippen LogP contribution is 2.59. The van der Waals surface area contributed by atoms with Gasteiger partial charge in [-0.25, -0.2) is 0 Å². The molecule has 0 aromatic carbocycles. The van der Waals surface area contributed by atoms with Crippen molar-refractivity contribution in [3.8, 4) is 0 Å². The van der Waals surface area contributed by atoms with Crippen molar-refractivity contribution in [3.05, 3.63) is 30.1 Å². The van der Waals surface area contributed by atoms with Crippen molar-refractivity contribution < 1.29 is 0 Å². The molecule has 4 bridgehead atoms. The Morgan fingerprint density at radius 2 is 1.74 bits per heavy atom. The largest absolute Gasteiger partial charge is 0.330 e. The van der Waals surface area contributed by atoms with Crippen LogP contribution >= 0.6 is 0 Å². The van der Waals surface area contributed by atoms with E-state index in [1.807, 2.05) is 12.3 Å². The minimum atomic E-state index is 0.496. The van der Waals surface area contributed by atoms with Crippen LogP contribution in [0.4, 0.5) is 0 Å². The van der Waals surface area contributed by atoms with E-state index in [1.165, 1.54) is 37.8 Å². The Hall–Kier alpha value is -0.890. The average Bonchev–Trinajstić information content (AvgIpc) is 2.43. The Bertz CT molecular complexity index is 414. The van der Waals surface area contributed by atoms with E-state index in [2.05, 4.69) is 17.1 Å². The zero-order valence-corrected chi connectivity index (χ0v) is 11.5. The van der Waals surface area contributed by atoms with Crippen molar-refractivity contribution in [2.24, 2.45) is 35.3 Å². The van der Waals surface area contributed by atoms with Crippen LogP contribution in [0.25, 0.3) is 0 Å². The van der Waals surface area contributed by atoms with E-state index in [-0.39, 0.29) is 0 Å². The first-order valence-corrected chi connectivity index (χ1v) is 7.96. The van der Waals surface area contributed by atoms with Gasteiger partial charge in [-0.15, -0.1) is 0 Å². The van der Waals surface area contributed by atoms with Crippen LogP contribution in [0.5, 0.6) is 0 Å². The molecule has 1 unspecified atom stereocenters. The highest BCUT2D eigenvalue weighted by atomic mass is 14.7. The molecule has 4 fully saturated rings. The van der Waals surface area contributed by atoms with E-state index in [9.17, 15) is 0 Å². The molecule has 1 aromatic rings. The normalized spacial score (nSPS) is 41.4. The molecule has 0 spiro atoms. The summed E-state index contributed by atoms with van der Waals surface area (Å²) in [5.74, 6) is 5.27. The van der Waals surface area contributed by atoms with Crippen molar-refractivity contribution in [2.75, 3.05) is 6.54 Å². The molecule has 102 valence electrons. The summed E-state index contributed by atoms with van der Waals surface area (Å²) in [5, 5.41) is 0. The summed E-state index contributed by atoms with van der Waals surface area (Å²) in [5.41, 5.74) is 7.38. The Balaban J connectivity index is 1.64. The summed E-state index contributed by atoms with van der Waals surface area (Å²) >= 11 is 0. The number of pyridine rings is 1. The van der Waals surface area contributed by atoms with Gasteiger partial charge in [-0.3, -0.25) is 4.98 Å². The second-order valence-electron chi connectivity index (χ2n) is 7.10. The van der Waals surface area contributed by atoms with Crippen LogP contribution in [0.1, 0.15) is 43.7 Å². The third-order valence-electron chi connectivity index (χ3n) is 6.09. The van der Waals surface area contributed by atoms with Gasteiger partial charge in [-0.1, -0.05) is 6.07 Å². The molecule has 4 saturated carbocycles. The molecular weight excluding hydrogens is 232 g/mol. The Morgan fingerprint density at radius 1 is 1.05 bits per heavy atom. The zero-order valence-electron chi connectivity index (χ0n) is 11.5. The van der Waals surface area contributed by atoms with Crippen LogP contribution in [0, 0.1) is 29.6 Å². The maximum Gasteiger partial charge on any atom is 0.0450 e. The first-order valence-electron chi connectivity index (χ1n) is 7.96. The molecule has 0 saturated heterocycles. The van der Waals surface area contributed by atoms with Crippen LogP contribution in [0.15, 0.2) is 24.4 Å². The van der Waals surface area contributed by atoms with E-state index < -0.39 is 0 Å². The van der Waals surface area contributed by atoms with Crippen LogP contribution < -0.4 is 5.73 Å². The number of rotatable bonds is 3. The van der Waals surface area contributed by atoms with Crippen LogP contribution in [0.2, 0.25) is 0 Å². The fraction of sp³-hybridized carbons (Fsp3) is 0.706. The van der Waals surface area contributed by atoms with Gasteiger partial charge < -0.3 is 5.73 Å². The third-order valence-corrected chi connectivity index (χ3v) is 6.09. The van der Waals surface area contributed by atoms with E-state index in [4.69, 9.17) is 5.73 Å². The molecule has 5 rings (SSSR count). The number of nitrogens with zero attached hydrogens (tertiary/aromatic N) is 1. The lowest BCUT2D eigenvalue weighted by Crippen LogP contribution is -2.48. The SMILES string of the molecule is NCC(c1ccccn1)C1C2CC3CC(C2)CC1C3. The summed E-state index contributed by atoms with van der Waals surface area (Å²) < 4.78 is 0. The molecule has 2 heteroatoms. The van der Waals surface area contributed by atoms with Gasteiger partial charge in [0.05, 0.1) is 0 Å². The van der Waals surface area contributed by atoms with Crippen molar-refractivity contribution in [1.29, 1.82) is 0 Å². The van der Waals surface area contributed by atoms with Gasteiger partial charge in [0, 0.05) is 24.4 Å². The van der Waals surface area contributed by atoms with E-state index >= 15 is 0 Å². The monoisotopic (exact) mass is 256 g/mol. The molecule has 0 aliphatic heterocycles. The molecule has 1 heterocycles. The van der Waals surface area contributed by atoms with Crippen molar-refractivity contribution in [1.82, 2.24) is 4.98 Å². The Labute approximate surface area is 115 Å². The van der Waals surface area contributed by atoms with Gasteiger partial charge in [0.25, 0.3) is 0 Å². The molecule has 19 heavy (non-hydrogen) atoms. The maximum absolute atomic E-state index is 6.14. The van der Waals surface area contributed by atoms with Gasteiger partial charge in [0.15, 0.2) is 0 Å². The van der Waals surface area contributed by atoms with E-state index in [1.54, 1.807) is 0 Å². The highest BCUT2D eigenvalue weighted by molar-refractivity contribution is 5.15. The van der Waals surface area contributed by atoms with Crippen LogP contribution in [0.3, 0.4) is 0 Å². The summed E-state index contributed by atoms with van der Waals surface area (Å²) in [6.45, 7) is 0.768. The molecule has 4 aliphatic carbocycles. The predicted octanol–water partition coefficient (Wildman–Crippen LogP) is 3.20. The maximum atomic E-state index is 6.14. The van der Waals surface area contributed by atoms with Crippen LogP contribution in [-0.2, 0) is 0 Å². The highest BCUT2D eigenvalue weighted by Gasteiger charge is 2.50. The topological polar surface area (TPSA) is 38.9 Å². The lowest BCUT2D eigenvalue weighted by atomic mass is 9.49. The summed E-state index contributed by atoms with van der Waals surface area (Å²) in [6, 6.07) is 6.30. The van der Waals surface area contributed by atoms with Crippen LogP contribution in [-0.4, -0.2) is 11.5 Å². The number of nitrogens with two attached hydrogens (primary N) is 1. The number of hydrogen-bond donors (Lipinski definition) is 1. The first kappa shape index (κ1) is 11.9. The molecule has 2 N–H and O–H groups in total. The molecule has 4 aliphatic rings. The fourth-order valence-electron chi connectivity index (χ4n) is 5.69. The van der Waals surface area contributed by atoms with E-state index in [0.717, 1.165) is 36.1 Å². The summed E-state index contributed by atoms with van der Waals surface area (Å²) in [6.07, 6.45) is 9.34. The number of aromatic nitrogens is 1. The third kappa shape index (κ3) is 1.92. The smallest absolute Gasteiger partial charge is 0.0450 e. The Kier molecular flexibility index (Phi) is 2.87. The van der Waals surface area contributed by atoms with Gasteiger partial charge in [-0.05, 0) is 73.8 Å². The average molecular weight is 256 g/mol. The lowest BCUT2D eigenvalue weighted by Gasteiger charge is -2.56. The minimum absolute atomic E-state index is 0.496. The van der Waals surface area contributed by atoms with Crippen molar-refractivity contribution in [3.63, 3.8) is 0 Å². The van der Waals surface area contributed by atoms with Gasteiger partial charge >= 0.3 is 0 Å². The predicted molar refractivity (Wildman–Crippen MR) is 76.6 cm³/mol. The van der Waals surface area contributed by atoms with Gasteiger partial charge in [0.2, 0.25) is 0 Å². The molecule has 1 atom stereocenters. The standard InChI is InChI=1S/C17H24N2/c18-10-15(16-3-1-2-4-19-16)17-13-6-11-5-12(8-13)9-14(17)7-11/h1-4,11-15,17H,5-10,18H2.